The van der Waals surface area contributed by atoms with Gasteiger partial charge in [-0.1, -0.05) is 54.1 Å². The van der Waals surface area contributed by atoms with Crippen LogP contribution in [0.25, 0.3) is 0 Å². The van der Waals surface area contributed by atoms with Gasteiger partial charge in [-0.15, -0.1) is 0 Å². The van der Waals surface area contributed by atoms with Gasteiger partial charge in [-0.3, -0.25) is 4.79 Å². The summed E-state index contributed by atoms with van der Waals surface area (Å²) in [5.74, 6) is -0.139. The maximum atomic E-state index is 13.7. The lowest BCUT2D eigenvalue weighted by molar-refractivity contribution is -0.136. The zero-order chi connectivity index (χ0) is 23.7. The smallest absolute Gasteiger partial charge is 0.244 e. The number of rotatable bonds is 4. The first kappa shape index (κ1) is 22.9. The van der Waals surface area contributed by atoms with Crippen LogP contribution in [-0.2, 0) is 27.8 Å². The molecular formula is C26H26ClN3O3S. The molecule has 0 aliphatic carbocycles. The molecule has 0 bridgehead atoms. The maximum Gasteiger partial charge on any atom is 0.244 e. The fraction of sp³-hybridized carbons (Fsp3) is 0.269. The van der Waals surface area contributed by atoms with Crippen LogP contribution in [-0.4, -0.2) is 55.8 Å². The molecule has 0 saturated carbocycles. The van der Waals surface area contributed by atoms with Gasteiger partial charge in [0.2, 0.25) is 15.9 Å². The minimum Gasteiger partial charge on any atom is -0.368 e. The third-order valence-electron chi connectivity index (χ3n) is 6.62. The molecule has 0 aromatic heterocycles. The quantitative estimate of drug-likeness (QED) is 0.552. The van der Waals surface area contributed by atoms with Gasteiger partial charge < -0.3 is 9.80 Å². The van der Waals surface area contributed by atoms with Gasteiger partial charge in [0.25, 0.3) is 0 Å². The van der Waals surface area contributed by atoms with Crippen molar-refractivity contribution in [3.63, 3.8) is 0 Å². The standard InChI is InChI=1S/C26H26ClN3O3S/c27-22-10-12-24(13-11-22)34(32,33)30-19-21-7-5-4-6-20(21)18-25(30)26(31)29-16-14-28(15-17-29)23-8-2-1-3-9-23/h1-13,25H,14-19H2. The molecule has 2 aliphatic heterocycles. The predicted molar refractivity (Wildman–Crippen MR) is 133 cm³/mol. The van der Waals surface area contributed by atoms with Gasteiger partial charge in [0, 0.05) is 43.4 Å². The Balaban J connectivity index is 1.41. The molecule has 3 aromatic rings. The molecule has 34 heavy (non-hydrogen) atoms. The topological polar surface area (TPSA) is 60.9 Å². The minimum atomic E-state index is -3.89. The van der Waals surface area contributed by atoms with E-state index in [4.69, 9.17) is 11.6 Å². The van der Waals surface area contributed by atoms with E-state index in [2.05, 4.69) is 17.0 Å². The molecule has 1 fully saturated rings. The van der Waals surface area contributed by atoms with Crippen molar-refractivity contribution in [3.8, 4) is 0 Å². The summed E-state index contributed by atoms with van der Waals surface area (Å²) < 4.78 is 28.7. The average Bonchev–Trinajstić information content (AvgIpc) is 2.88. The average molecular weight is 496 g/mol. The fourth-order valence-corrected chi connectivity index (χ4v) is 6.42. The van der Waals surface area contributed by atoms with Crippen molar-refractivity contribution >= 4 is 33.2 Å². The van der Waals surface area contributed by atoms with Crippen molar-refractivity contribution in [2.45, 2.75) is 23.9 Å². The highest BCUT2D eigenvalue weighted by Gasteiger charge is 2.41. The van der Waals surface area contributed by atoms with Crippen molar-refractivity contribution in [1.82, 2.24) is 9.21 Å². The van der Waals surface area contributed by atoms with Crippen LogP contribution in [0.3, 0.4) is 0 Å². The zero-order valence-corrected chi connectivity index (χ0v) is 20.3. The SMILES string of the molecule is O=C(C1Cc2ccccc2CN1S(=O)(=O)c1ccc(Cl)cc1)N1CCN(c2ccccc2)CC1. The van der Waals surface area contributed by atoms with Gasteiger partial charge in [-0.25, -0.2) is 8.42 Å². The van der Waals surface area contributed by atoms with Crippen molar-refractivity contribution < 1.29 is 13.2 Å². The van der Waals surface area contributed by atoms with Crippen LogP contribution in [0.1, 0.15) is 11.1 Å². The molecule has 1 amide bonds. The molecule has 0 N–H and O–H groups in total. The van der Waals surface area contributed by atoms with Crippen LogP contribution < -0.4 is 4.90 Å². The van der Waals surface area contributed by atoms with E-state index < -0.39 is 16.1 Å². The molecule has 1 unspecified atom stereocenters. The third kappa shape index (κ3) is 4.43. The number of hydrogen-bond donors (Lipinski definition) is 0. The van der Waals surface area contributed by atoms with Crippen molar-refractivity contribution in [2.75, 3.05) is 31.1 Å². The Hall–Kier alpha value is -2.87. The number of anilines is 1. The maximum absolute atomic E-state index is 13.7. The molecule has 5 rings (SSSR count). The second-order valence-corrected chi connectivity index (χ2v) is 11.0. The van der Waals surface area contributed by atoms with Gasteiger partial charge in [0.1, 0.15) is 6.04 Å². The van der Waals surface area contributed by atoms with Crippen molar-refractivity contribution in [2.24, 2.45) is 0 Å². The highest BCUT2D eigenvalue weighted by Crippen LogP contribution is 2.31. The highest BCUT2D eigenvalue weighted by atomic mass is 35.5. The number of piperazine rings is 1. The van der Waals surface area contributed by atoms with E-state index in [0.29, 0.717) is 37.6 Å². The summed E-state index contributed by atoms with van der Waals surface area (Å²) >= 11 is 5.98. The lowest BCUT2D eigenvalue weighted by atomic mass is 9.95. The van der Waals surface area contributed by atoms with Gasteiger partial charge in [0.15, 0.2) is 0 Å². The van der Waals surface area contributed by atoms with Crippen LogP contribution in [0, 0.1) is 0 Å². The van der Waals surface area contributed by atoms with Crippen LogP contribution >= 0.6 is 11.6 Å². The number of carbonyl (C=O) groups is 1. The van der Waals surface area contributed by atoms with Gasteiger partial charge in [-0.2, -0.15) is 4.31 Å². The number of fused-ring (bicyclic) bond motifs is 1. The molecule has 3 aromatic carbocycles. The number of hydrogen-bond acceptors (Lipinski definition) is 4. The van der Waals surface area contributed by atoms with Crippen LogP contribution in [0.4, 0.5) is 5.69 Å². The molecular weight excluding hydrogens is 470 g/mol. The molecule has 8 heteroatoms. The monoisotopic (exact) mass is 495 g/mol. The lowest BCUT2D eigenvalue weighted by Crippen LogP contribution is -2.57. The fourth-order valence-electron chi connectivity index (χ4n) is 4.74. The van der Waals surface area contributed by atoms with Gasteiger partial charge in [0.05, 0.1) is 4.90 Å². The van der Waals surface area contributed by atoms with Gasteiger partial charge in [-0.05, 0) is 53.9 Å². The first-order valence-corrected chi connectivity index (χ1v) is 13.2. The number of nitrogens with zero attached hydrogens (tertiary/aromatic N) is 3. The molecule has 6 nitrogen and oxygen atoms in total. The Morgan fingerprint density at radius 2 is 1.41 bits per heavy atom. The lowest BCUT2D eigenvalue weighted by Gasteiger charge is -2.41. The van der Waals surface area contributed by atoms with Crippen molar-refractivity contribution in [3.05, 3.63) is 95.0 Å². The summed E-state index contributed by atoms with van der Waals surface area (Å²) in [6.07, 6.45) is 0.362. The molecule has 2 heterocycles. The van der Waals surface area contributed by atoms with E-state index in [0.717, 1.165) is 16.8 Å². The number of halogens is 1. The summed E-state index contributed by atoms with van der Waals surface area (Å²) in [4.78, 5) is 17.9. The normalized spacial score (nSPS) is 19.0. The molecule has 0 radical (unpaired) electrons. The number of carbonyl (C=O) groups excluding carboxylic acids is 1. The first-order chi connectivity index (χ1) is 16.4. The highest BCUT2D eigenvalue weighted by molar-refractivity contribution is 7.89. The second-order valence-electron chi connectivity index (χ2n) is 8.64. The molecule has 0 spiro atoms. The number of sulfonamides is 1. The Bertz CT molecular complexity index is 1270. The van der Waals surface area contributed by atoms with E-state index in [1.807, 2.05) is 47.4 Å². The number of benzene rings is 3. The van der Waals surface area contributed by atoms with Crippen molar-refractivity contribution in [1.29, 1.82) is 0 Å². The second kappa shape index (κ2) is 9.41. The van der Waals surface area contributed by atoms with Crippen LogP contribution in [0.15, 0.2) is 83.8 Å². The molecule has 1 saturated heterocycles. The van der Waals surface area contributed by atoms with Gasteiger partial charge >= 0.3 is 0 Å². The Morgan fingerprint density at radius 1 is 0.794 bits per heavy atom. The number of para-hydroxylation sites is 1. The first-order valence-electron chi connectivity index (χ1n) is 11.4. The summed E-state index contributed by atoms with van der Waals surface area (Å²) in [6, 6.07) is 23.2. The van der Waals surface area contributed by atoms with E-state index in [-0.39, 0.29) is 17.3 Å². The van der Waals surface area contributed by atoms with E-state index in [1.165, 1.54) is 16.4 Å². The summed E-state index contributed by atoms with van der Waals surface area (Å²) in [7, 11) is -3.89. The van der Waals surface area contributed by atoms with E-state index in [9.17, 15) is 13.2 Å². The minimum absolute atomic E-state index is 0.139. The Morgan fingerprint density at radius 3 is 2.09 bits per heavy atom. The molecule has 2 aliphatic rings. The molecule has 1 atom stereocenters. The number of amides is 1. The Kier molecular flexibility index (Phi) is 6.34. The third-order valence-corrected chi connectivity index (χ3v) is 8.74. The van der Waals surface area contributed by atoms with Crippen LogP contribution in [0.5, 0.6) is 0 Å². The van der Waals surface area contributed by atoms with Crippen LogP contribution in [0.2, 0.25) is 5.02 Å². The summed E-state index contributed by atoms with van der Waals surface area (Å²) in [5.41, 5.74) is 3.08. The van der Waals surface area contributed by atoms with E-state index >= 15 is 0 Å². The Labute approximate surface area is 205 Å². The predicted octanol–water partition coefficient (Wildman–Crippen LogP) is 3.80. The molecule has 176 valence electrons. The van der Waals surface area contributed by atoms with E-state index in [1.54, 1.807) is 12.1 Å². The zero-order valence-electron chi connectivity index (χ0n) is 18.7. The largest absolute Gasteiger partial charge is 0.368 e. The summed E-state index contributed by atoms with van der Waals surface area (Å²) in [5, 5.41) is 0.465. The summed E-state index contributed by atoms with van der Waals surface area (Å²) in [6.45, 7) is 2.70.